The number of carbonyl (C=O) groups excluding carboxylic acids is 1. The van der Waals surface area contributed by atoms with Crippen molar-refractivity contribution in [1.29, 1.82) is 0 Å². The van der Waals surface area contributed by atoms with Gasteiger partial charge in [0.1, 0.15) is 0 Å². The molecule has 0 fully saturated rings. The van der Waals surface area contributed by atoms with Gasteiger partial charge in [0, 0.05) is 37.0 Å². The van der Waals surface area contributed by atoms with E-state index < -0.39 is 0 Å². The van der Waals surface area contributed by atoms with Crippen molar-refractivity contribution < 1.29 is 9.32 Å². The van der Waals surface area contributed by atoms with Gasteiger partial charge < -0.3 is 9.42 Å². The molecule has 1 aromatic heterocycles. The van der Waals surface area contributed by atoms with Crippen LogP contribution >= 0.6 is 11.6 Å². The number of aromatic nitrogens is 2. The van der Waals surface area contributed by atoms with Crippen LogP contribution in [0.2, 0.25) is 5.02 Å². The minimum Gasteiger partial charge on any atom is -0.341 e. The van der Waals surface area contributed by atoms with Crippen molar-refractivity contribution in [3.8, 4) is 11.4 Å². The van der Waals surface area contributed by atoms with E-state index in [2.05, 4.69) is 10.1 Å². The van der Waals surface area contributed by atoms with E-state index in [0.717, 1.165) is 11.1 Å². The van der Waals surface area contributed by atoms with Crippen molar-refractivity contribution in [1.82, 2.24) is 15.0 Å². The largest absolute Gasteiger partial charge is 0.341 e. The Morgan fingerprint density at radius 3 is 2.72 bits per heavy atom. The lowest BCUT2D eigenvalue weighted by molar-refractivity contribution is -0.130. The second-order valence-electron chi connectivity index (χ2n) is 5.76. The fourth-order valence-corrected chi connectivity index (χ4v) is 2.64. The molecule has 0 saturated carbocycles. The summed E-state index contributed by atoms with van der Waals surface area (Å²) in [5, 5.41) is 4.56. The fraction of sp³-hybridized carbons (Fsp3) is 0.211. The number of halogens is 1. The summed E-state index contributed by atoms with van der Waals surface area (Å²) in [6, 6.07) is 17.1. The van der Waals surface area contributed by atoms with Gasteiger partial charge in [-0.3, -0.25) is 4.79 Å². The first-order valence-corrected chi connectivity index (χ1v) is 8.36. The molecule has 3 rings (SSSR count). The monoisotopic (exact) mass is 355 g/mol. The number of nitrogens with zero attached hydrogens (tertiary/aromatic N) is 3. The maximum absolute atomic E-state index is 12.3. The minimum absolute atomic E-state index is 0.0337. The summed E-state index contributed by atoms with van der Waals surface area (Å²) >= 11 is 5.97. The molecule has 6 heteroatoms. The Balaban J connectivity index is 1.56. The molecular formula is C19H18ClN3O2. The summed E-state index contributed by atoms with van der Waals surface area (Å²) < 4.78 is 5.23. The van der Waals surface area contributed by atoms with Gasteiger partial charge >= 0.3 is 0 Å². The van der Waals surface area contributed by atoms with Gasteiger partial charge in [-0.05, 0) is 17.7 Å². The van der Waals surface area contributed by atoms with Crippen molar-refractivity contribution in [3.63, 3.8) is 0 Å². The highest BCUT2D eigenvalue weighted by atomic mass is 35.5. The number of hydrogen-bond acceptors (Lipinski definition) is 4. The quantitative estimate of drug-likeness (QED) is 0.671. The summed E-state index contributed by atoms with van der Waals surface area (Å²) in [5.74, 6) is 0.949. The zero-order valence-electron chi connectivity index (χ0n) is 13.9. The maximum Gasteiger partial charge on any atom is 0.227 e. The van der Waals surface area contributed by atoms with Gasteiger partial charge in [0.05, 0.1) is 0 Å². The zero-order valence-corrected chi connectivity index (χ0v) is 14.6. The third-order valence-electron chi connectivity index (χ3n) is 3.79. The van der Waals surface area contributed by atoms with Crippen molar-refractivity contribution in [2.24, 2.45) is 0 Å². The highest BCUT2D eigenvalue weighted by molar-refractivity contribution is 6.30. The predicted molar refractivity (Wildman–Crippen MR) is 96.0 cm³/mol. The van der Waals surface area contributed by atoms with Gasteiger partial charge in [-0.1, -0.05) is 59.2 Å². The summed E-state index contributed by atoms with van der Waals surface area (Å²) in [7, 11) is 1.79. The fourth-order valence-electron chi connectivity index (χ4n) is 2.45. The lowest BCUT2D eigenvalue weighted by atomic mass is 10.2. The van der Waals surface area contributed by atoms with E-state index >= 15 is 0 Å². The Labute approximate surface area is 151 Å². The molecule has 0 aliphatic carbocycles. The minimum atomic E-state index is 0.0337. The van der Waals surface area contributed by atoms with Crippen LogP contribution in [0.5, 0.6) is 0 Å². The van der Waals surface area contributed by atoms with E-state index in [4.69, 9.17) is 16.1 Å². The average molecular weight is 356 g/mol. The van der Waals surface area contributed by atoms with Gasteiger partial charge in [-0.15, -0.1) is 0 Å². The van der Waals surface area contributed by atoms with Gasteiger partial charge in [0.2, 0.25) is 17.6 Å². The van der Waals surface area contributed by atoms with E-state index in [1.807, 2.05) is 42.5 Å². The highest BCUT2D eigenvalue weighted by Crippen LogP contribution is 2.20. The van der Waals surface area contributed by atoms with Gasteiger partial charge in [-0.2, -0.15) is 4.98 Å². The molecule has 0 radical (unpaired) electrons. The number of aryl methyl sites for hydroxylation is 1. The molecule has 0 bridgehead atoms. The van der Waals surface area contributed by atoms with Crippen LogP contribution in [-0.4, -0.2) is 28.0 Å². The number of benzene rings is 2. The molecule has 5 nitrogen and oxygen atoms in total. The average Bonchev–Trinajstić information content (AvgIpc) is 3.09. The topological polar surface area (TPSA) is 59.2 Å². The standard InChI is InChI=1S/C19H18ClN3O2/c1-23(13-14-6-3-2-4-7-14)18(24)11-10-17-21-19(22-25-17)15-8-5-9-16(20)12-15/h2-9,12H,10-11,13H2,1H3. The molecule has 2 aromatic carbocycles. The van der Waals surface area contributed by atoms with E-state index in [-0.39, 0.29) is 5.91 Å². The first-order valence-electron chi connectivity index (χ1n) is 7.98. The molecule has 0 aliphatic heterocycles. The van der Waals surface area contributed by atoms with Crippen molar-refractivity contribution in [2.75, 3.05) is 7.05 Å². The van der Waals surface area contributed by atoms with Crippen LogP contribution in [0.4, 0.5) is 0 Å². The van der Waals surface area contributed by atoms with Crippen LogP contribution in [0.3, 0.4) is 0 Å². The van der Waals surface area contributed by atoms with Gasteiger partial charge in [-0.25, -0.2) is 0 Å². The third kappa shape index (κ3) is 4.67. The third-order valence-corrected chi connectivity index (χ3v) is 4.03. The van der Waals surface area contributed by atoms with Crippen LogP contribution in [0.25, 0.3) is 11.4 Å². The first-order chi connectivity index (χ1) is 12.1. The highest BCUT2D eigenvalue weighted by Gasteiger charge is 2.13. The Morgan fingerprint density at radius 2 is 1.96 bits per heavy atom. The molecule has 0 unspecified atom stereocenters. The molecule has 0 N–H and O–H groups in total. The molecule has 0 saturated heterocycles. The van der Waals surface area contributed by atoms with Crippen LogP contribution in [0.1, 0.15) is 17.9 Å². The second-order valence-corrected chi connectivity index (χ2v) is 6.19. The molecule has 3 aromatic rings. The van der Waals surface area contributed by atoms with Gasteiger partial charge in [0.25, 0.3) is 0 Å². The summed E-state index contributed by atoms with van der Waals surface area (Å²) in [6.07, 6.45) is 0.728. The van der Waals surface area contributed by atoms with E-state index in [1.165, 1.54) is 0 Å². The Morgan fingerprint density at radius 1 is 1.16 bits per heavy atom. The molecule has 0 aliphatic rings. The maximum atomic E-state index is 12.3. The molecule has 1 heterocycles. The molecular weight excluding hydrogens is 338 g/mol. The van der Waals surface area contributed by atoms with E-state index in [0.29, 0.717) is 36.1 Å². The molecule has 25 heavy (non-hydrogen) atoms. The number of carbonyl (C=O) groups is 1. The number of rotatable bonds is 6. The second kappa shape index (κ2) is 7.94. The number of hydrogen-bond donors (Lipinski definition) is 0. The zero-order chi connectivity index (χ0) is 17.6. The normalized spacial score (nSPS) is 10.6. The molecule has 1 amide bonds. The van der Waals surface area contributed by atoms with Crippen LogP contribution in [-0.2, 0) is 17.8 Å². The Kier molecular flexibility index (Phi) is 5.46. The number of amides is 1. The molecule has 0 spiro atoms. The lowest BCUT2D eigenvalue weighted by Gasteiger charge is -2.16. The van der Waals surface area contributed by atoms with Crippen LogP contribution < -0.4 is 0 Å². The summed E-state index contributed by atoms with van der Waals surface area (Å²) in [4.78, 5) is 18.3. The summed E-state index contributed by atoms with van der Waals surface area (Å²) in [5.41, 5.74) is 1.88. The van der Waals surface area contributed by atoms with Crippen molar-refractivity contribution in [2.45, 2.75) is 19.4 Å². The van der Waals surface area contributed by atoms with Crippen molar-refractivity contribution >= 4 is 17.5 Å². The Bertz CT molecular complexity index is 849. The SMILES string of the molecule is CN(Cc1ccccc1)C(=O)CCc1nc(-c2cccc(Cl)c2)no1. The smallest absolute Gasteiger partial charge is 0.227 e. The van der Waals surface area contributed by atoms with E-state index in [9.17, 15) is 4.79 Å². The van der Waals surface area contributed by atoms with Crippen LogP contribution in [0.15, 0.2) is 59.1 Å². The Hall–Kier alpha value is -2.66. The summed E-state index contributed by atoms with van der Waals surface area (Å²) in [6.45, 7) is 0.581. The van der Waals surface area contributed by atoms with Crippen LogP contribution in [0, 0.1) is 0 Å². The van der Waals surface area contributed by atoms with Gasteiger partial charge in [0.15, 0.2) is 0 Å². The first kappa shape index (κ1) is 17.2. The molecule has 128 valence electrons. The van der Waals surface area contributed by atoms with Crippen molar-refractivity contribution in [3.05, 3.63) is 71.1 Å². The predicted octanol–water partition coefficient (Wildman–Crippen LogP) is 3.98. The lowest BCUT2D eigenvalue weighted by Crippen LogP contribution is -2.26. The molecule has 0 atom stereocenters. The van der Waals surface area contributed by atoms with E-state index in [1.54, 1.807) is 24.1 Å².